The second-order valence-electron chi connectivity index (χ2n) is 6.51. The predicted octanol–water partition coefficient (Wildman–Crippen LogP) is 3.04. The van der Waals surface area contributed by atoms with Crippen LogP contribution >= 0.6 is 0 Å². The lowest BCUT2D eigenvalue weighted by Gasteiger charge is -2.14. The van der Waals surface area contributed by atoms with Crippen molar-refractivity contribution < 1.29 is 12.8 Å². The molecular formula is C19H23FN2O2S. The van der Waals surface area contributed by atoms with Crippen LogP contribution in [0.15, 0.2) is 48.5 Å². The van der Waals surface area contributed by atoms with Gasteiger partial charge in [0.1, 0.15) is 5.82 Å². The zero-order valence-corrected chi connectivity index (χ0v) is 14.9. The molecule has 0 saturated carbocycles. The van der Waals surface area contributed by atoms with Crippen LogP contribution in [0.5, 0.6) is 0 Å². The van der Waals surface area contributed by atoms with Gasteiger partial charge >= 0.3 is 0 Å². The van der Waals surface area contributed by atoms with Gasteiger partial charge in [-0.05, 0) is 54.8 Å². The molecule has 0 atom stereocenters. The molecule has 0 amide bonds. The molecule has 0 bridgehead atoms. The number of rotatable bonds is 7. The molecule has 3 rings (SSSR count). The average Bonchev–Trinajstić information content (AvgIpc) is 3.09. The molecule has 1 aliphatic heterocycles. The SMILES string of the molecule is O=S(=O)(Cc1ccc(F)cc1)NCc1ccc(CN2CCCC2)cc1. The molecule has 0 spiro atoms. The summed E-state index contributed by atoms with van der Waals surface area (Å²) in [7, 11) is -3.46. The van der Waals surface area contributed by atoms with Crippen LogP contribution in [0, 0.1) is 5.82 Å². The zero-order valence-electron chi connectivity index (χ0n) is 14.1. The third-order valence-electron chi connectivity index (χ3n) is 4.39. The van der Waals surface area contributed by atoms with Gasteiger partial charge in [-0.2, -0.15) is 0 Å². The molecule has 4 nitrogen and oxygen atoms in total. The van der Waals surface area contributed by atoms with Gasteiger partial charge in [0.05, 0.1) is 5.75 Å². The largest absolute Gasteiger partial charge is 0.299 e. The maximum absolute atomic E-state index is 12.9. The van der Waals surface area contributed by atoms with Crippen LogP contribution < -0.4 is 4.72 Å². The summed E-state index contributed by atoms with van der Waals surface area (Å²) in [6.07, 6.45) is 2.54. The van der Waals surface area contributed by atoms with E-state index in [9.17, 15) is 12.8 Å². The normalized spacial score (nSPS) is 15.6. The van der Waals surface area contributed by atoms with E-state index in [-0.39, 0.29) is 18.1 Å². The minimum atomic E-state index is -3.46. The third kappa shape index (κ3) is 5.63. The molecule has 1 aliphatic rings. The smallest absolute Gasteiger partial charge is 0.216 e. The fourth-order valence-electron chi connectivity index (χ4n) is 3.01. The van der Waals surface area contributed by atoms with Gasteiger partial charge < -0.3 is 0 Å². The van der Waals surface area contributed by atoms with Crippen molar-refractivity contribution in [3.05, 3.63) is 71.0 Å². The second kappa shape index (κ2) is 8.08. The van der Waals surface area contributed by atoms with Crippen molar-refractivity contribution in [2.45, 2.75) is 31.7 Å². The summed E-state index contributed by atoms with van der Waals surface area (Å²) >= 11 is 0. The zero-order chi connectivity index (χ0) is 17.7. The van der Waals surface area contributed by atoms with Crippen molar-refractivity contribution in [3.8, 4) is 0 Å². The van der Waals surface area contributed by atoms with Gasteiger partial charge in [0.15, 0.2) is 0 Å². The van der Waals surface area contributed by atoms with Gasteiger partial charge in [0.25, 0.3) is 0 Å². The molecule has 6 heteroatoms. The third-order valence-corrected chi connectivity index (χ3v) is 5.69. The van der Waals surface area contributed by atoms with Crippen molar-refractivity contribution >= 4 is 10.0 Å². The highest BCUT2D eigenvalue weighted by Gasteiger charge is 2.13. The molecule has 1 fully saturated rings. The maximum Gasteiger partial charge on any atom is 0.216 e. The number of halogens is 1. The average molecular weight is 362 g/mol. The molecule has 25 heavy (non-hydrogen) atoms. The molecule has 134 valence electrons. The Morgan fingerprint density at radius 1 is 0.880 bits per heavy atom. The fourth-order valence-corrected chi connectivity index (χ4v) is 4.13. The summed E-state index contributed by atoms with van der Waals surface area (Å²) in [4.78, 5) is 2.43. The van der Waals surface area contributed by atoms with E-state index in [1.165, 1.54) is 42.7 Å². The fraction of sp³-hybridized carbons (Fsp3) is 0.368. The molecular weight excluding hydrogens is 339 g/mol. The Hall–Kier alpha value is -1.76. The van der Waals surface area contributed by atoms with E-state index >= 15 is 0 Å². The molecule has 1 heterocycles. The van der Waals surface area contributed by atoms with Crippen LogP contribution in [0.4, 0.5) is 4.39 Å². The van der Waals surface area contributed by atoms with Gasteiger partial charge in [-0.15, -0.1) is 0 Å². The summed E-state index contributed by atoms with van der Waals surface area (Å²) in [6, 6.07) is 13.6. The number of likely N-dealkylation sites (tertiary alicyclic amines) is 1. The van der Waals surface area contributed by atoms with Gasteiger partial charge in [-0.3, -0.25) is 4.90 Å². The van der Waals surface area contributed by atoms with Crippen LogP contribution in [0.1, 0.15) is 29.5 Å². The Labute approximate surface area is 148 Å². The molecule has 0 unspecified atom stereocenters. The quantitative estimate of drug-likeness (QED) is 0.824. The highest BCUT2D eigenvalue weighted by atomic mass is 32.2. The topological polar surface area (TPSA) is 49.4 Å². The summed E-state index contributed by atoms with van der Waals surface area (Å²) in [5.41, 5.74) is 2.74. The predicted molar refractivity (Wildman–Crippen MR) is 96.8 cm³/mol. The minimum absolute atomic E-state index is 0.152. The molecule has 1 saturated heterocycles. The molecule has 0 radical (unpaired) electrons. The maximum atomic E-state index is 12.9. The highest BCUT2D eigenvalue weighted by Crippen LogP contribution is 2.14. The number of hydrogen-bond donors (Lipinski definition) is 1. The first-order chi connectivity index (χ1) is 12.0. The molecule has 2 aromatic carbocycles. The number of benzene rings is 2. The monoisotopic (exact) mass is 362 g/mol. The Morgan fingerprint density at radius 3 is 2.08 bits per heavy atom. The summed E-state index contributed by atoms with van der Waals surface area (Å²) < 4.78 is 39.8. The van der Waals surface area contributed by atoms with E-state index < -0.39 is 10.0 Å². The number of sulfonamides is 1. The van der Waals surface area contributed by atoms with Gasteiger partial charge in [-0.1, -0.05) is 36.4 Å². The first-order valence-corrected chi connectivity index (χ1v) is 10.2. The summed E-state index contributed by atoms with van der Waals surface area (Å²) in [5.74, 6) is -0.525. The second-order valence-corrected chi connectivity index (χ2v) is 8.31. The molecule has 1 N–H and O–H groups in total. The van der Waals surface area contributed by atoms with Crippen LogP contribution in [0.3, 0.4) is 0 Å². The molecule has 0 aliphatic carbocycles. The van der Waals surface area contributed by atoms with Crippen molar-refractivity contribution in [3.63, 3.8) is 0 Å². The van der Waals surface area contributed by atoms with Gasteiger partial charge in [0.2, 0.25) is 10.0 Å². The Bertz CT molecular complexity index is 783. The lowest BCUT2D eigenvalue weighted by Crippen LogP contribution is -2.24. The number of hydrogen-bond acceptors (Lipinski definition) is 3. The van der Waals surface area contributed by atoms with E-state index in [1.807, 2.05) is 12.1 Å². The van der Waals surface area contributed by atoms with E-state index in [0.717, 1.165) is 25.2 Å². The van der Waals surface area contributed by atoms with Crippen molar-refractivity contribution in [2.24, 2.45) is 0 Å². The first kappa shape index (κ1) is 18.0. The summed E-state index contributed by atoms with van der Waals surface area (Å²) in [5, 5.41) is 0. The van der Waals surface area contributed by atoms with Crippen LogP contribution in [0.25, 0.3) is 0 Å². The molecule has 0 aromatic heterocycles. The van der Waals surface area contributed by atoms with Crippen molar-refractivity contribution in [2.75, 3.05) is 13.1 Å². The van der Waals surface area contributed by atoms with Crippen molar-refractivity contribution in [1.82, 2.24) is 9.62 Å². The minimum Gasteiger partial charge on any atom is -0.299 e. The van der Waals surface area contributed by atoms with E-state index in [1.54, 1.807) is 0 Å². The van der Waals surface area contributed by atoms with E-state index in [4.69, 9.17) is 0 Å². The van der Waals surface area contributed by atoms with Crippen LogP contribution in [-0.4, -0.2) is 26.4 Å². The van der Waals surface area contributed by atoms with Gasteiger partial charge in [0, 0.05) is 13.1 Å². The Balaban J connectivity index is 1.52. The van der Waals surface area contributed by atoms with Crippen LogP contribution in [-0.2, 0) is 28.9 Å². The van der Waals surface area contributed by atoms with Gasteiger partial charge in [-0.25, -0.2) is 17.5 Å². The van der Waals surface area contributed by atoms with Crippen LogP contribution in [0.2, 0.25) is 0 Å². The highest BCUT2D eigenvalue weighted by molar-refractivity contribution is 7.88. The van der Waals surface area contributed by atoms with E-state index in [0.29, 0.717) is 5.56 Å². The molecule has 2 aromatic rings. The van der Waals surface area contributed by atoms with E-state index in [2.05, 4.69) is 21.8 Å². The first-order valence-electron chi connectivity index (χ1n) is 8.52. The lowest BCUT2D eigenvalue weighted by atomic mass is 10.1. The standard InChI is InChI=1S/C19H23FN2O2S/c20-19-9-7-18(8-10-19)15-25(23,24)21-13-16-3-5-17(6-4-16)14-22-11-1-2-12-22/h3-10,21H,1-2,11-15H2. The Morgan fingerprint density at radius 2 is 1.44 bits per heavy atom. The Kier molecular flexibility index (Phi) is 5.83. The number of nitrogens with zero attached hydrogens (tertiary/aromatic N) is 1. The lowest BCUT2D eigenvalue weighted by molar-refractivity contribution is 0.331. The van der Waals surface area contributed by atoms with Crippen molar-refractivity contribution in [1.29, 1.82) is 0 Å². The number of nitrogens with one attached hydrogen (secondary N) is 1. The summed E-state index contributed by atoms with van der Waals surface area (Å²) in [6.45, 7) is 3.53.